The molecule has 0 saturated carbocycles. The van der Waals surface area contributed by atoms with Crippen molar-refractivity contribution in [2.45, 2.75) is 38.6 Å². The molecule has 21 heavy (non-hydrogen) atoms. The zero-order valence-electron chi connectivity index (χ0n) is 12.8. The van der Waals surface area contributed by atoms with Crippen LogP contribution in [0.5, 0.6) is 0 Å². The molecule has 0 bridgehead atoms. The summed E-state index contributed by atoms with van der Waals surface area (Å²) in [4.78, 5) is 2.07. The number of amidine groups is 1. The molecule has 2 fully saturated rings. The molecule has 2 heterocycles. The first-order chi connectivity index (χ1) is 9.93. The predicted octanol–water partition coefficient (Wildman–Crippen LogP) is 0.0493. The quantitative estimate of drug-likeness (QED) is 0.566. The fourth-order valence-corrected chi connectivity index (χ4v) is 4.62. The monoisotopic (exact) mass is 317 g/mol. The molecule has 8 heteroatoms. The van der Waals surface area contributed by atoms with Gasteiger partial charge in [-0.05, 0) is 19.8 Å². The summed E-state index contributed by atoms with van der Waals surface area (Å²) < 4.78 is 28.6. The Labute approximate surface area is 127 Å². The van der Waals surface area contributed by atoms with E-state index in [4.69, 9.17) is 11.1 Å². The van der Waals surface area contributed by atoms with E-state index in [0.717, 1.165) is 25.7 Å². The van der Waals surface area contributed by atoms with E-state index in [-0.39, 0.29) is 11.9 Å². The highest BCUT2D eigenvalue weighted by atomic mass is 32.2. The lowest BCUT2D eigenvalue weighted by molar-refractivity contribution is 0.167. The van der Waals surface area contributed by atoms with Gasteiger partial charge in [0.25, 0.3) is 10.2 Å². The Bertz CT molecular complexity index is 451. The summed E-state index contributed by atoms with van der Waals surface area (Å²) in [5, 5.41) is 7.49. The highest BCUT2D eigenvalue weighted by molar-refractivity contribution is 7.86. The first kappa shape index (κ1) is 16.7. The number of hydrogen-bond acceptors (Lipinski definition) is 4. The summed E-state index contributed by atoms with van der Waals surface area (Å²) in [6.07, 6.45) is 4.16. The summed E-state index contributed by atoms with van der Waals surface area (Å²) in [6.45, 7) is 5.41. The van der Waals surface area contributed by atoms with Crippen LogP contribution in [0.15, 0.2) is 0 Å². The number of nitrogens with zero attached hydrogens (tertiary/aromatic N) is 3. The Morgan fingerprint density at radius 2 is 1.43 bits per heavy atom. The fourth-order valence-electron chi connectivity index (χ4n) is 2.95. The van der Waals surface area contributed by atoms with Gasteiger partial charge in [-0.25, -0.2) is 0 Å². The maximum absolute atomic E-state index is 12.7. The molecule has 1 unspecified atom stereocenters. The lowest BCUT2D eigenvalue weighted by Crippen LogP contribution is -2.56. The minimum absolute atomic E-state index is 0.118. The minimum atomic E-state index is -3.32. The van der Waals surface area contributed by atoms with Crippen LogP contribution in [0.1, 0.15) is 32.6 Å². The van der Waals surface area contributed by atoms with Crippen molar-refractivity contribution in [2.24, 2.45) is 5.73 Å². The third-order valence-corrected chi connectivity index (χ3v) is 6.52. The molecule has 7 nitrogen and oxygen atoms in total. The Hall–Kier alpha value is -0.700. The fraction of sp³-hybridized carbons (Fsp3) is 0.923. The van der Waals surface area contributed by atoms with Crippen LogP contribution in [0.25, 0.3) is 0 Å². The first-order valence-electron chi connectivity index (χ1n) is 7.76. The lowest BCUT2D eigenvalue weighted by atomic mass is 10.2. The normalized spacial score (nSPS) is 25.4. The molecule has 0 amide bonds. The molecular formula is C13H27N5O2S. The molecule has 2 aliphatic heterocycles. The van der Waals surface area contributed by atoms with Crippen LogP contribution in [-0.2, 0) is 10.2 Å². The molecule has 2 saturated heterocycles. The molecular weight excluding hydrogens is 290 g/mol. The summed E-state index contributed by atoms with van der Waals surface area (Å²) in [5.74, 6) is 0.138. The maximum atomic E-state index is 12.7. The molecule has 0 aromatic heterocycles. The van der Waals surface area contributed by atoms with E-state index in [1.54, 1.807) is 8.61 Å². The van der Waals surface area contributed by atoms with Crippen LogP contribution in [0.4, 0.5) is 0 Å². The van der Waals surface area contributed by atoms with Crippen LogP contribution < -0.4 is 5.73 Å². The van der Waals surface area contributed by atoms with Crippen LogP contribution in [0.3, 0.4) is 0 Å². The third kappa shape index (κ3) is 3.94. The number of piperazine rings is 1. The van der Waals surface area contributed by atoms with Gasteiger partial charge in [-0.15, -0.1) is 0 Å². The standard InChI is InChI=1S/C13H27N5O2S/c1-12(13(14)15)16-8-10-18(11-9-16)21(19,20)17-6-4-2-3-5-7-17/h12H,2-11H2,1H3,(H3,14,15). The molecule has 1 atom stereocenters. The van der Waals surface area contributed by atoms with Crippen molar-refractivity contribution in [3.63, 3.8) is 0 Å². The average Bonchev–Trinajstić information content (AvgIpc) is 2.76. The zero-order chi connectivity index (χ0) is 15.5. The molecule has 0 aromatic rings. The molecule has 0 radical (unpaired) electrons. The van der Waals surface area contributed by atoms with Crippen LogP contribution in [0.2, 0.25) is 0 Å². The van der Waals surface area contributed by atoms with E-state index in [2.05, 4.69) is 4.90 Å². The van der Waals surface area contributed by atoms with Crippen molar-refractivity contribution in [2.75, 3.05) is 39.3 Å². The number of nitrogens with one attached hydrogen (secondary N) is 1. The SMILES string of the molecule is CC(C(=N)N)N1CCN(S(=O)(=O)N2CCCCCC2)CC1. The third-order valence-electron chi connectivity index (χ3n) is 4.49. The maximum Gasteiger partial charge on any atom is 0.282 e. The van der Waals surface area contributed by atoms with Crippen LogP contribution in [0, 0.1) is 5.41 Å². The number of hydrogen-bond donors (Lipinski definition) is 2. The van der Waals surface area contributed by atoms with Gasteiger partial charge in [0.15, 0.2) is 0 Å². The van der Waals surface area contributed by atoms with Gasteiger partial charge in [-0.1, -0.05) is 12.8 Å². The average molecular weight is 317 g/mol. The van der Waals surface area contributed by atoms with E-state index in [0.29, 0.717) is 39.3 Å². The van der Waals surface area contributed by atoms with E-state index in [1.807, 2.05) is 6.92 Å². The smallest absolute Gasteiger partial charge is 0.282 e. The summed E-state index contributed by atoms with van der Waals surface area (Å²) in [7, 11) is -3.32. The second-order valence-corrected chi connectivity index (χ2v) is 7.82. The van der Waals surface area contributed by atoms with Crippen molar-refractivity contribution in [3.05, 3.63) is 0 Å². The minimum Gasteiger partial charge on any atom is -0.386 e. The number of nitrogens with two attached hydrogens (primary N) is 1. The second-order valence-electron chi connectivity index (χ2n) is 5.89. The van der Waals surface area contributed by atoms with E-state index in [1.165, 1.54) is 0 Å². The second kappa shape index (κ2) is 7.04. The van der Waals surface area contributed by atoms with Crippen molar-refractivity contribution in [3.8, 4) is 0 Å². The van der Waals surface area contributed by atoms with Gasteiger partial charge < -0.3 is 5.73 Å². The molecule has 0 spiro atoms. The predicted molar refractivity (Wildman–Crippen MR) is 83.5 cm³/mol. The van der Waals surface area contributed by atoms with Crippen molar-refractivity contribution < 1.29 is 8.42 Å². The summed E-state index contributed by atoms with van der Waals surface area (Å²) in [5.41, 5.74) is 5.52. The highest BCUT2D eigenvalue weighted by Gasteiger charge is 2.33. The van der Waals surface area contributed by atoms with Gasteiger partial charge in [0.2, 0.25) is 0 Å². The zero-order valence-corrected chi connectivity index (χ0v) is 13.6. The molecule has 3 N–H and O–H groups in total. The summed E-state index contributed by atoms with van der Waals surface area (Å²) >= 11 is 0. The van der Waals surface area contributed by atoms with Gasteiger partial charge in [0.05, 0.1) is 6.04 Å². The molecule has 2 aliphatic rings. The first-order valence-corrected chi connectivity index (χ1v) is 9.16. The van der Waals surface area contributed by atoms with Gasteiger partial charge >= 0.3 is 0 Å². The Morgan fingerprint density at radius 3 is 1.90 bits per heavy atom. The van der Waals surface area contributed by atoms with Crippen molar-refractivity contribution >= 4 is 16.0 Å². The Balaban J connectivity index is 1.95. The molecule has 0 aliphatic carbocycles. The topological polar surface area (TPSA) is 93.7 Å². The van der Waals surface area contributed by atoms with Crippen molar-refractivity contribution in [1.29, 1.82) is 5.41 Å². The van der Waals surface area contributed by atoms with Crippen LogP contribution in [-0.4, -0.2) is 73.1 Å². The molecule has 122 valence electrons. The van der Waals surface area contributed by atoms with Gasteiger partial charge in [-0.2, -0.15) is 17.0 Å². The van der Waals surface area contributed by atoms with Gasteiger partial charge in [-0.3, -0.25) is 10.3 Å². The van der Waals surface area contributed by atoms with Gasteiger partial charge in [0.1, 0.15) is 5.84 Å². The Morgan fingerprint density at radius 1 is 0.952 bits per heavy atom. The lowest BCUT2D eigenvalue weighted by Gasteiger charge is -2.38. The van der Waals surface area contributed by atoms with Crippen molar-refractivity contribution in [1.82, 2.24) is 13.5 Å². The van der Waals surface area contributed by atoms with Crippen LogP contribution >= 0.6 is 0 Å². The Kier molecular flexibility index (Phi) is 5.59. The number of rotatable bonds is 4. The largest absolute Gasteiger partial charge is 0.386 e. The van der Waals surface area contributed by atoms with E-state index < -0.39 is 10.2 Å². The molecule has 2 rings (SSSR count). The van der Waals surface area contributed by atoms with Gasteiger partial charge in [0, 0.05) is 39.3 Å². The van der Waals surface area contributed by atoms with E-state index >= 15 is 0 Å². The molecule has 0 aromatic carbocycles. The summed E-state index contributed by atoms with van der Waals surface area (Å²) in [6, 6.07) is -0.118. The van der Waals surface area contributed by atoms with E-state index in [9.17, 15) is 8.42 Å². The highest BCUT2D eigenvalue weighted by Crippen LogP contribution is 2.18.